The van der Waals surface area contributed by atoms with Crippen LogP contribution in [0, 0.1) is 0 Å². The lowest BCUT2D eigenvalue weighted by molar-refractivity contribution is 0.0961. The Morgan fingerprint density at radius 1 is 1.17 bits per heavy atom. The molecule has 0 N–H and O–H groups in total. The van der Waals surface area contributed by atoms with Gasteiger partial charge >= 0.3 is 0 Å². The van der Waals surface area contributed by atoms with Crippen LogP contribution in [0.15, 0.2) is 29.0 Å². The first-order valence-electron chi connectivity index (χ1n) is 9.14. The maximum atomic E-state index is 5.55. The van der Waals surface area contributed by atoms with Crippen LogP contribution >= 0.6 is 0 Å². The Morgan fingerprint density at radius 2 is 2.00 bits per heavy atom. The molecule has 1 fully saturated rings. The molecular weight excluding hydrogens is 300 g/mol. The highest BCUT2D eigenvalue weighted by Crippen LogP contribution is 2.26. The molecule has 0 amide bonds. The lowest BCUT2D eigenvalue weighted by Gasteiger charge is -2.38. The van der Waals surface area contributed by atoms with Gasteiger partial charge in [-0.2, -0.15) is 0 Å². The van der Waals surface area contributed by atoms with Crippen molar-refractivity contribution in [2.75, 3.05) is 26.2 Å². The molecule has 1 aliphatic carbocycles. The second kappa shape index (κ2) is 7.03. The lowest BCUT2D eigenvalue weighted by Crippen LogP contribution is -2.46. The molecule has 0 unspecified atom stereocenters. The number of aryl methyl sites for hydroxylation is 1. The molecule has 1 aliphatic heterocycles. The van der Waals surface area contributed by atoms with E-state index >= 15 is 0 Å². The third-order valence-corrected chi connectivity index (χ3v) is 5.53. The highest BCUT2D eigenvalue weighted by Gasteiger charge is 2.25. The van der Waals surface area contributed by atoms with Gasteiger partial charge in [-0.25, -0.2) is 0 Å². The molecule has 0 bridgehead atoms. The molecule has 1 atom stereocenters. The Morgan fingerprint density at radius 3 is 2.79 bits per heavy atom. The fourth-order valence-electron chi connectivity index (χ4n) is 3.93. The number of hydrogen-bond acceptors (Lipinski definition) is 5. The molecule has 2 aromatic heterocycles. The van der Waals surface area contributed by atoms with Crippen molar-refractivity contribution in [3.63, 3.8) is 0 Å². The van der Waals surface area contributed by atoms with E-state index in [0.29, 0.717) is 6.04 Å². The maximum absolute atomic E-state index is 5.55. The van der Waals surface area contributed by atoms with E-state index in [1.165, 1.54) is 29.7 Å². The Hall–Kier alpha value is -1.72. The topological polar surface area (TPSA) is 45.4 Å². The van der Waals surface area contributed by atoms with Crippen LogP contribution in [0.3, 0.4) is 0 Å². The number of piperazine rings is 1. The first-order valence-corrected chi connectivity index (χ1v) is 9.14. The fraction of sp³-hybridized carbons (Fsp3) is 0.579. The molecule has 5 heteroatoms. The van der Waals surface area contributed by atoms with Crippen molar-refractivity contribution in [2.45, 2.75) is 45.2 Å². The van der Waals surface area contributed by atoms with Crippen LogP contribution in [-0.4, -0.2) is 46.1 Å². The van der Waals surface area contributed by atoms with Gasteiger partial charge < -0.3 is 4.52 Å². The van der Waals surface area contributed by atoms with Gasteiger partial charge in [-0.3, -0.25) is 14.8 Å². The summed E-state index contributed by atoms with van der Waals surface area (Å²) in [4.78, 5) is 9.31. The summed E-state index contributed by atoms with van der Waals surface area (Å²) in [6.07, 6.45) is 8.56. The van der Waals surface area contributed by atoms with Crippen LogP contribution in [0.4, 0.5) is 0 Å². The summed E-state index contributed by atoms with van der Waals surface area (Å²) < 4.78 is 5.55. The highest BCUT2D eigenvalue weighted by atomic mass is 16.5. The minimum absolute atomic E-state index is 0.431. The third kappa shape index (κ3) is 3.23. The molecule has 2 aromatic rings. The molecule has 0 spiro atoms. The van der Waals surface area contributed by atoms with E-state index in [0.717, 1.165) is 51.3 Å². The first kappa shape index (κ1) is 15.8. The molecule has 0 saturated carbocycles. The van der Waals surface area contributed by atoms with Gasteiger partial charge in [0.25, 0.3) is 0 Å². The standard InChI is InChI=1S/C19H26N4O/c1-15(16-5-4-8-20-13-16)23-11-9-22(10-12-23)14-18-17-6-2-3-7-19(17)24-21-18/h4-5,8,13,15H,2-3,6-7,9-12,14H2,1H3/t15-/m1/s1. The second-order valence-electron chi connectivity index (χ2n) is 7.01. The maximum Gasteiger partial charge on any atom is 0.140 e. The normalized spacial score (nSPS) is 20.7. The van der Waals surface area contributed by atoms with Crippen molar-refractivity contribution >= 4 is 0 Å². The number of rotatable bonds is 4. The van der Waals surface area contributed by atoms with E-state index < -0.39 is 0 Å². The monoisotopic (exact) mass is 326 g/mol. The summed E-state index contributed by atoms with van der Waals surface area (Å²) in [6.45, 7) is 7.58. The van der Waals surface area contributed by atoms with Gasteiger partial charge in [0, 0.05) is 63.1 Å². The zero-order valence-corrected chi connectivity index (χ0v) is 14.4. The Balaban J connectivity index is 1.34. The average Bonchev–Trinajstić information content (AvgIpc) is 3.06. The zero-order chi connectivity index (χ0) is 16.4. The van der Waals surface area contributed by atoms with Crippen molar-refractivity contribution in [1.29, 1.82) is 0 Å². The van der Waals surface area contributed by atoms with Gasteiger partial charge in [0.05, 0.1) is 0 Å². The summed E-state index contributed by atoms with van der Waals surface area (Å²) in [5.74, 6) is 1.14. The highest BCUT2D eigenvalue weighted by molar-refractivity contribution is 5.25. The SMILES string of the molecule is C[C@H](c1cccnc1)N1CCN(Cc2noc3c2CCCC3)CC1. The van der Waals surface area contributed by atoms with Crippen molar-refractivity contribution in [3.8, 4) is 0 Å². The van der Waals surface area contributed by atoms with Crippen molar-refractivity contribution in [2.24, 2.45) is 0 Å². The fourth-order valence-corrected chi connectivity index (χ4v) is 3.93. The number of pyridine rings is 1. The van der Waals surface area contributed by atoms with Gasteiger partial charge in [-0.1, -0.05) is 11.2 Å². The lowest BCUT2D eigenvalue weighted by atomic mass is 9.96. The van der Waals surface area contributed by atoms with Crippen LogP contribution in [0.5, 0.6) is 0 Å². The Bertz CT molecular complexity index is 661. The Labute approximate surface area is 143 Å². The van der Waals surface area contributed by atoms with Crippen molar-refractivity contribution in [1.82, 2.24) is 19.9 Å². The third-order valence-electron chi connectivity index (χ3n) is 5.53. The van der Waals surface area contributed by atoms with Crippen molar-refractivity contribution < 1.29 is 4.52 Å². The van der Waals surface area contributed by atoms with Gasteiger partial charge in [-0.05, 0) is 37.8 Å². The summed E-state index contributed by atoms with van der Waals surface area (Å²) >= 11 is 0. The van der Waals surface area contributed by atoms with E-state index in [9.17, 15) is 0 Å². The minimum atomic E-state index is 0.431. The molecule has 2 aliphatic rings. The quantitative estimate of drug-likeness (QED) is 0.864. The molecular formula is C19H26N4O. The summed E-state index contributed by atoms with van der Waals surface area (Å²) in [6, 6.07) is 4.63. The minimum Gasteiger partial charge on any atom is -0.361 e. The number of hydrogen-bond donors (Lipinski definition) is 0. The molecule has 4 rings (SSSR count). The van der Waals surface area contributed by atoms with Gasteiger partial charge in [0.2, 0.25) is 0 Å². The molecule has 0 radical (unpaired) electrons. The van der Waals surface area contributed by atoms with Crippen LogP contribution < -0.4 is 0 Å². The second-order valence-corrected chi connectivity index (χ2v) is 7.01. The number of fused-ring (bicyclic) bond motifs is 1. The van der Waals surface area contributed by atoms with E-state index in [1.54, 1.807) is 0 Å². The van der Waals surface area contributed by atoms with Crippen LogP contribution in [-0.2, 0) is 19.4 Å². The van der Waals surface area contributed by atoms with Gasteiger partial charge in [0.1, 0.15) is 11.5 Å². The predicted octanol–water partition coefficient (Wildman–Crippen LogP) is 2.83. The molecule has 24 heavy (non-hydrogen) atoms. The predicted molar refractivity (Wildman–Crippen MR) is 92.6 cm³/mol. The molecule has 3 heterocycles. The number of aromatic nitrogens is 2. The smallest absolute Gasteiger partial charge is 0.140 e. The summed E-state index contributed by atoms with van der Waals surface area (Å²) in [5, 5.41) is 4.36. The summed E-state index contributed by atoms with van der Waals surface area (Å²) in [7, 11) is 0. The van der Waals surface area contributed by atoms with Crippen molar-refractivity contribution in [3.05, 3.63) is 47.1 Å². The van der Waals surface area contributed by atoms with E-state index in [4.69, 9.17) is 4.52 Å². The molecule has 128 valence electrons. The first-order chi connectivity index (χ1) is 11.8. The van der Waals surface area contributed by atoms with Gasteiger partial charge in [-0.15, -0.1) is 0 Å². The molecule has 5 nitrogen and oxygen atoms in total. The van der Waals surface area contributed by atoms with Crippen LogP contribution in [0.25, 0.3) is 0 Å². The van der Waals surface area contributed by atoms with E-state index in [2.05, 4.69) is 32.9 Å². The molecule has 0 aromatic carbocycles. The summed E-state index contributed by atoms with van der Waals surface area (Å²) in [5.41, 5.74) is 3.88. The largest absolute Gasteiger partial charge is 0.361 e. The average molecular weight is 326 g/mol. The van der Waals surface area contributed by atoms with E-state index in [-0.39, 0.29) is 0 Å². The van der Waals surface area contributed by atoms with E-state index in [1.807, 2.05) is 18.5 Å². The van der Waals surface area contributed by atoms with Gasteiger partial charge in [0.15, 0.2) is 0 Å². The zero-order valence-electron chi connectivity index (χ0n) is 14.4. The molecule has 1 saturated heterocycles. The number of nitrogens with zero attached hydrogens (tertiary/aromatic N) is 4. The van der Waals surface area contributed by atoms with Crippen LogP contribution in [0.2, 0.25) is 0 Å². The van der Waals surface area contributed by atoms with Crippen LogP contribution in [0.1, 0.15) is 48.4 Å². The Kier molecular flexibility index (Phi) is 4.63.